The lowest BCUT2D eigenvalue weighted by atomic mass is 10.1. The minimum absolute atomic E-state index is 0.102. The van der Waals surface area contributed by atoms with Crippen LogP contribution in [0.15, 0.2) is 48.5 Å². The zero-order chi connectivity index (χ0) is 23.1. The number of anilines is 1. The molecule has 3 rings (SSSR count). The van der Waals surface area contributed by atoms with E-state index in [1.165, 1.54) is 0 Å². The number of nitrogens with zero attached hydrogens (tertiary/aromatic N) is 3. The molecule has 0 aliphatic carbocycles. The molecular formula is C25H35N3O4. The van der Waals surface area contributed by atoms with E-state index in [1.807, 2.05) is 60.5 Å². The van der Waals surface area contributed by atoms with Crippen LogP contribution in [0.3, 0.4) is 0 Å². The largest absolute Gasteiger partial charge is 0.493 e. The second-order valence-electron chi connectivity index (χ2n) is 8.57. The highest BCUT2D eigenvalue weighted by molar-refractivity contribution is 5.95. The molecule has 174 valence electrons. The predicted octanol–water partition coefficient (Wildman–Crippen LogP) is 2.62. The first-order chi connectivity index (χ1) is 15.4. The molecule has 1 N–H and O–H groups in total. The van der Waals surface area contributed by atoms with E-state index < -0.39 is 6.10 Å². The van der Waals surface area contributed by atoms with Gasteiger partial charge in [0.1, 0.15) is 12.7 Å². The van der Waals surface area contributed by atoms with Crippen molar-refractivity contribution in [2.75, 3.05) is 51.8 Å². The first kappa shape index (κ1) is 24.0. The SMILES string of the molecule is COc1ccc(CN2CCN(c3ccccc3)C(=O)C2)cc1OCC(O)CN(C)C(C)C. The summed E-state index contributed by atoms with van der Waals surface area (Å²) >= 11 is 0. The van der Waals surface area contributed by atoms with Crippen molar-refractivity contribution in [3.8, 4) is 11.5 Å². The summed E-state index contributed by atoms with van der Waals surface area (Å²) in [5.74, 6) is 1.33. The molecule has 2 aromatic carbocycles. The van der Waals surface area contributed by atoms with Crippen LogP contribution in [-0.4, -0.2) is 79.9 Å². The second-order valence-corrected chi connectivity index (χ2v) is 8.57. The lowest BCUT2D eigenvalue weighted by Crippen LogP contribution is -2.50. The van der Waals surface area contributed by atoms with Gasteiger partial charge in [-0.3, -0.25) is 9.69 Å². The fraction of sp³-hybridized carbons (Fsp3) is 0.480. The summed E-state index contributed by atoms with van der Waals surface area (Å²) < 4.78 is 11.3. The molecule has 0 bridgehead atoms. The first-order valence-corrected chi connectivity index (χ1v) is 11.1. The van der Waals surface area contributed by atoms with Gasteiger partial charge >= 0.3 is 0 Å². The third-order valence-corrected chi connectivity index (χ3v) is 5.81. The third kappa shape index (κ3) is 6.45. The van der Waals surface area contributed by atoms with Crippen LogP contribution in [0.2, 0.25) is 0 Å². The van der Waals surface area contributed by atoms with E-state index in [-0.39, 0.29) is 12.5 Å². The Bertz CT molecular complexity index is 875. The number of rotatable bonds is 10. The van der Waals surface area contributed by atoms with E-state index in [4.69, 9.17) is 9.47 Å². The Morgan fingerprint density at radius 2 is 1.84 bits per heavy atom. The number of hydrogen-bond acceptors (Lipinski definition) is 6. The Morgan fingerprint density at radius 3 is 2.50 bits per heavy atom. The average Bonchev–Trinajstić information content (AvgIpc) is 2.78. The molecule has 1 atom stereocenters. The quantitative estimate of drug-likeness (QED) is 0.612. The van der Waals surface area contributed by atoms with Crippen LogP contribution in [0.25, 0.3) is 0 Å². The van der Waals surface area contributed by atoms with Gasteiger partial charge in [0.25, 0.3) is 0 Å². The lowest BCUT2D eigenvalue weighted by Gasteiger charge is -2.34. The fourth-order valence-corrected chi connectivity index (χ4v) is 3.71. The maximum absolute atomic E-state index is 12.7. The minimum atomic E-state index is -0.598. The number of para-hydroxylation sites is 1. The maximum Gasteiger partial charge on any atom is 0.241 e. The highest BCUT2D eigenvalue weighted by Gasteiger charge is 2.25. The monoisotopic (exact) mass is 441 g/mol. The number of methoxy groups -OCH3 is 1. The molecule has 0 radical (unpaired) electrons. The molecule has 0 spiro atoms. The lowest BCUT2D eigenvalue weighted by molar-refractivity contribution is -0.121. The molecule has 1 fully saturated rings. The summed E-state index contributed by atoms with van der Waals surface area (Å²) in [5, 5.41) is 10.3. The van der Waals surface area contributed by atoms with Crippen LogP contribution >= 0.6 is 0 Å². The number of amides is 1. The summed E-state index contributed by atoms with van der Waals surface area (Å²) in [6.45, 7) is 7.37. The summed E-state index contributed by atoms with van der Waals surface area (Å²) in [5.41, 5.74) is 1.98. The maximum atomic E-state index is 12.7. The highest BCUT2D eigenvalue weighted by Crippen LogP contribution is 2.29. The van der Waals surface area contributed by atoms with Gasteiger partial charge in [-0.15, -0.1) is 0 Å². The van der Waals surface area contributed by atoms with Crippen LogP contribution in [0.5, 0.6) is 11.5 Å². The van der Waals surface area contributed by atoms with Gasteiger partial charge in [-0.1, -0.05) is 24.3 Å². The first-order valence-electron chi connectivity index (χ1n) is 11.1. The van der Waals surface area contributed by atoms with E-state index in [0.29, 0.717) is 43.7 Å². The number of hydrogen-bond donors (Lipinski definition) is 1. The number of carbonyl (C=O) groups is 1. The van der Waals surface area contributed by atoms with E-state index in [9.17, 15) is 9.90 Å². The van der Waals surface area contributed by atoms with Gasteiger partial charge in [0.15, 0.2) is 11.5 Å². The molecule has 32 heavy (non-hydrogen) atoms. The molecule has 1 aliphatic rings. The van der Waals surface area contributed by atoms with Gasteiger partial charge in [-0.25, -0.2) is 0 Å². The number of benzene rings is 2. The van der Waals surface area contributed by atoms with E-state index >= 15 is 0 Å². The Hall–Kier alpha value is -2.61. The van der Waals surface area contributed by atoms with Gasteiger partial charge in [-0.05, 0) is 50.7 Å². The van der Waals surface area contributed by atoms with Gasteiger partial charge in [0.2, 0.25) is 5.91 Å². The van der Waals surface area contributed by atoms with Crippen molar-refractivity contribution < 1.29 is 19.4 Å². The molecule has 7 nitrogen and oxygen atoms in total. The van der Waals surface area contributed by atoms with Crippen LogP contribution in [-0.2, 0) is 11.3 Å². The zero-order valence-electron chi connectivity index (χ0n) is 19.5. The Labute approximate surface area is 191 Å². The Morgan fingerprint density at radius 1 is 1.09 bits per heavy atom. The second kappa shape index (κ2) is 11.3. The Balaban J connectivity index is 1.59. The average molecular weight is 442 g/mol. The van der Waals surface area contributed by atoms with Crippen molar-refractivity contribution in [1.82, 2.24) is 9.80 Å². The van der Waals surface area contributed by atoms with Gasteiger partial charge in [-0.2, -0.15) is 0 Å². The molecule has 1 amide bonds. The number of likely N-dealkylation sites (N-methyl/N-ethyl adjacent to an activating group) is 1. The van der Waals surface area contributed by atoms with Crippen molar-refractivity contribution in [2.45, 2.75) is 32.5 Å². The minimum Gasteiger partial charge on any atom is -0.493 e. The van der Waals surface area contributed by atoms with E-state index in [1.54, 1.807) is 7.11 Å². The van der Waals surface area contributed by atoms with Crippen LogP contribution in [0.4, 0.5) is 5.69 Å². The van der Waals surface area contributed by atoms with Crippen molar-refractivity contribution in [3.63, 3.8) is 0 Å². The van der Waals surface area contributed by atoms with Gasteiger partial charge in [0.05, 0.1) is 13.7 Å². The summed E-state index contributed by atoms with van der Waals surface area (Å²) in [7, 11) is 3.58. The standard InChI is InChI=1S/C25H35N3O4/c1-19(2)26(3)16-22(29)18-32-24-14-20(10-11-23(24)31-4)15-27-12-13-28(25(30)17-27)21-8-6-5-7-9-21/h5-11,14,19,22,29H,12-13,15-18H2,1-4H3. The summed E-state index contributed by atoms with van der Waals surface area (Å²) in [6.07, 6.45) is -0.598. The van der Waals surface area contributed by atoms with Crippen LogP contribution in [0.1, 0.15) is 19.4 Å². The molecule has 1 heterocycles. The summed E-state index contributed by atoms with van der Waals surface area (Å²) in [4.78, 5) is 18.7. The van der Waals surface area contributed by atoms with Crippen LogP contribution in [0, 0.1) is 0 Å². The Kier molecular flexibility index (Phi) is 8.50. The number of carbonyl (C=O) groups excluding carboxylic acids is 1. The van der Waals surface area contributed by atoms with E-state index in [0.717, 1.165) is 17.8 Å². The van der Waals surface area contributed by atoms with Crippen LogP contribution < -0.4 is 14.4 Å². The topological polar surface area (TPSA) is 65.5 Å². The number of aliphatic hydroxyl groups excluding tert-OH is 1. The normalized spacial score (nSPS) is 16.0. The number of aliphatic hydroxyl groups is 1. The predicted molar refractivity (Wildman–Crippen MR) is 126 cm³/mol. The molecule has 0 saturated carbocycles. The van der Waals surface area contributed by atoms with Crippen molar-refractivity contribution in [1.29, 1.82) is 0 Å². The molecular weight excluding hydrogens is 406 g/mol. The molecule has 1 aliphatic heterocycles. The molecule has 1 saturated heterocycles. The molecule has 7 heteroatoms. The smallest absolute Gasteiger partial charge is 0.241 e. The van der Waals surface area contributed by atoms with Crippen molar-refractivity contribution in [3.05, 3.63) is 54.1 Å². The summed E-state index contributed by atoms with van der Waals surface area (Å²) in [6, 6.07) is 15.9. The van der Waals surface area contributed by atoms with Gasteiger partial charge in [0, 0.05) is 37.9 Å². The fourth-order valence-electron chi connectivity index (χ4n) is 3.71. The zero-order valence-corrected chi connectivity index (χ0v) is 19.5. The van der Waals surface area contributed by atoms with Crippen molar-refractivity contribution >= 4 is 11.6 Å². The van der Waals surface area contributed by atoms with Gasteiger partial charge < -0.3 is 24.4 Å². The highest BCUT2D eigenvalue weighted by atomic mass is 16.5. The van der Waals surface area contributed by atoms with Crippen molar-refractivity contribution in [2.24, 2.45) is 0 Å². The third-order valence-electron chi connectivity index (χ3n) is 5.81. The van der Waals surface area contributed by atoms with E-state index in [2.05, 4.69) is 23.6 Å². The number of piperazine rings is 1. The molecule has 2 aromatic rings. The molecule has 1 unspecified atom stereocenters. The number of ether oxygens (including phenoxy) is 2. The molecule has 0 aromatic heterocycles.